The standard InChI is InChI=1S/C17H14Cl3NO3/c1-10(17(23)21-15-7-6-12(18)9-14(15)20)24-16(22)8-11-4-2-3-5-13(11)19/h2-7,9-10H,8H2,1H3,(H,21,23). The summed E-state index contributed by atoms with van der Waals surface area (Å²) in [5.74, 6) is -1.04. The number of carbonyl (C=O) groups is 2. The van der Waals surface area contributed by atoms with E-state index in [2.05, 4.69) is 5.32 Å². The molecule has 0 aliphatic rings. The zero-order chi connectivity index (χ0) is 17.7. The molecule has 126 valence electrons. The van der Waals surface area contributed by atoms with Crippen molar-refractivity contribution in [3.63, 3.8) is 0 Å². The number of nitrogens with one attached hydrogen (secondary N) is 1. The van der Waals surface area contributed by atoms with Crippen LogP contribution in [-0.4, -0.2) is 18.0 Å². The number of carbonyl (C=O) groups excluding carboxylic acids is 2. The summed E-state index contributed by atoms with van der Waals surface area (Å²) in [4.78, 5) is 24.0. The lowest BCUT2D eigenvalue weighted by Gasteiger charge is -2.14. The summed E-state index contributed by atoms with van der Waals surface area (Å²) in [7, 11) is 0. The summed E-state index contributed by atoms with van der Waals surface area (Å²) in [6.45, 7) is 1.48. The average Bonchev–Trinajstić information content (AvgIpc) is 2.52. The number of benzene rings is 2. The van der Waals surface area contributed by atoms with Crippen LogP contribution in [0.15, 0.2) is 42.5 Å². The van der Waals surface area contributed by atoms with Gasteiger partial charge in [-0.2, -0.15) is 0 Å². The summed E-state index contributed by atoms with van der Waals surface area (Å²) in [6, 6.07) is 11.6. The summed E-state index contributed by atoms with van der Waals surface area (Å²) >= 11 is 17.8. The fraction of sp³-hybridized carbons (Fsp3) is 0.176. The highest BCUT2D eigenvalue weighted by Gasteiger charge is 2.19. The number of ether oxygens (including phenoxy) is 1. The second kappa shape index (κ2) is 8.38. The molecule has 0 aliphatic heterocycles. The minimum absolute atomic E-state index is 0.0149. The van der Waals surface area contributed by atoms with Crippen LogP contribution in [0.4, 0.5) is 5.69 Å². The maximum atomic E-state index is 12.1. The average molecular weight is 387 g/mol. The molecule has 0 saturated heterocycles. The van der Waals surface area contributed by atoms with Crippen LogP contribution >= 0.6 is 34.8 Å². The number of hydrogen-bond donors (Lipinski definition) is 1. The lowest BCUT2D eigenvalue weighted by Crippen LogP contribution is -2.30. The number of hydrogen-bond acceptors (Lipinski definition) is 3. The highest BCUT2D eigenvalue weighted by molar-refractivity contribution is 6.36. The molecule has 0 saturated carbocycles. The number of anilines is 1. The molecule has 0 aliphatic carbocycles. The van der Waals surface area contributed by atoms with Gasteiger partial charge in [0.25, 0.3) is 5.91 Å². The van der Waals surface area contributed by atoms with Crippen molar-refractivity contribution in [2.75, 3.05) is 5.32 Å². The van der Waals surface area contributed by atoms with Gasteiger partial charge in [0.05, 0.1) is 17.1 Å². The Morgan fingerprint density at radius 1 is 1.08 bits per heavy atom. The molecule has 2 aromatic rings. The van der Waals surface area contributed by atoms with Crippen molar-refractivity contribution in [2.45, 2.75) is 19.4 Å². The maximum Gasteiger partial charge on any atom is 0.311 e. The van der Waals surface area contributed by atoms with Crippen LogP contribution in [0.5, 0.6) is 0 Å². The van der Waals surface area contributed by atoms with Crippen LogP contribution in [0.25, 0.3) is 0 Å². The van der Waals surface area contributed by atoms with Crippen LogP contribution in [0.3, 0.4) is 0 Å². The van der Waals surface area contributed by atoms with E-state index in [1.807, 2.05) is 0 Å². The van der Waals surface area contributed by atoms with E-state index in [1.54, 1.807) is 36.4 Å². The van der Waals surface area contributed by atoms with E-state index >= 15 is 0 Å². The molecule has 0 fully saturated rings. The van der Waals surface area contributed by atoms with Gasteiger partial charge in [-0.3, -0.25) is 9.59 Å². The normalized spacial score (nSPS) is 11.7. The predicted octanol–water partition coefficient (Wildman–Crippen LogP) is 4.76. The summed E-state index contributed by atoms with van der Waals surface area (Å²) in [5.41, 5.74) is 1.03. The van der Waals surface area contributed by atoms with Crippen LogP contribution in [-0.2, 0) is 20.7 Å². The SMILES string of the molecule is CC(OC(=O)Cc1ccccc1Cl)C(=O)Nc1ccc(Cl)cc1Cl. The van der Waals surface area contributed by atoms with E-state index in [0.717, 1.165) is 0 Å². The molecule has 4 nitrogen and oxygen atoms in total. The third-order valence-corrected chi connectivity index (χ3v) is 4.08. The van der Waals surface area contributed by atoms with Crippen LogP contribution in [0.1, 0.15) is 12.5 Å². The second-order valence-electron chi connectivity index (χ2n) is 5.01. The van der Waals surface area contributed by atoms with E-state index < -0.39 is 18.0 Å². The lowest BCUT2D eigenvalue weighted by atomic mass is 10.1. The molecule has 2 aromatic carbocycles. The van der Waals surface area contributed by atoms with Gasteiger partial charge in [-0.15, -0.1) is 0 Å². The zero-order valence-corrected chi connectivity index (χ0v) is 15.0. The van der Waals surface area contributed by atoms with Gasteiger partial charge in [0.1, 0.15) is 0 Å². The van der Waals surface area contributed by atoms with Gasteiger partial charge in [-0.25, -0.2) is 0 Å². The Kier molecular flexibility index (Phi) is 6.49. The first-order valence-electron chi connectivity index (χ1n) is 7.05. The highest BCUT2D eigenvalue weighted by atomic mass is 35.5. The first kappa shape index (κ1) is 18.6. The van der Waals surface area contributed by atoms with Crippen molar-refractivity contribution in [3.8, 4) is 0 Å². The molecule has 0 aromatic heterocycles. The molecule has 24 heavy (non-hydrogen) atoms. The fourth-order valence-electron chi connectivity index (χ4n) is 1.91. The molecule has 2 rings (SSSR count). The molecule has 7 heteroatoms. The monoisotopic (exact) mass is 385 g/mol. The van der Waals surface area contributed by atoms with E-state index in [-0.39, 0.29) is 6.42 Å². The smallest absolute Gasteiger partial charge is 0.311 e. The van der Waals surface area contributed by atoms with Gasteiger partial charge >= 0.3 is 5.97 Å². The number of amides is 1. The van der Waals surface area contributed by atoms with Gasteiger partial charge in [0.2, 0.25) is 0 Å². The minimum atomic E-state index is -0.980. The fourth-order valence-corrected chi connectivity index (χ4v) is 2.57. The predicted molar refractivity (Wildman–Crippen MR) is 95.8 cm³/mol. The first-order valence-corrected chi connectivity index (χ1v) is 8.19. The number of esters is 1. The molecule has 0 radical (unpaired) electrons. The van der Waals surface area contributed by atoms with E-state index in [0.29, 0.717) is 26.3 Å². The largest absolute Gasteiger partial charge is 0.452 e. The van der Waals surface area contributed by atoms with E-state index in [4.69, 9.17) is 39.5 Å². The Morgan fingerprint density at radius 3 is 2.46 bits per heavy atom. The van der Waals surface area contributed by atoms with Crippen molar-refractivity contribution in [3.05, 3.63) is 63.1 Å². The van der Waals surface area contributed by atoms with Crippen molar-refractivity contribution in [1.29, 1.82) is 0 Å². The highest BCUT2D eigenvalue weighted by Crippen LogP contribution is 2.25. The molecule has 0 bridgehead atoms. The van der Waals surface area contributed by atoms with Crippen molar-refractivity contribution < 1.29 is 14.3 Å². The molecule has 1 atom stereocenters. The summed E-state index contributed by atoms with van der Waals surface area (Å²) < 4.78 is 5.13. The summed E-state index contributed by atoms with van der Waals surface area (Å²) in [5, 5.41) is 3.81. The first-order chi connectivity index (χ1) is 11.4. The molecule has 0 spiro atoms. The molecule has 1 unspecified atom stereocenters. The Labute approximate surface area is 154 Å². The second-order valence-corrected chi connectivity index (χ2v) is 6.26. The van der Waals surface area contributed by atoms with Gasteiger partial charge in [0, 0.05) is 10.0 Å². The Balaban J connectivity index is 1.93. The molecule has 0 heterocycles. The van der Waals surface area contributed by atoms with Crippen molar-refractivity contribution in [2.24, 2.45) is 0 Å². The van der Waals surface area contributed by atoms with Gasteiger partial charge in [-0.1, -0.05) is 53.0 Å². The van der Waals surface area contributed by atoms with Gasteiger partial charge in [0.15, 0.2) is 6.10 Å². The Hall–Kier alpha value is -1.75. The zero-order valence-electron chi connectivity index (χ0n) is 12.7. The molecular formula is C17H14Cl3NO3. The molecular weight excluding hydrogens is 373 g/mol. The van der Waals surface area contributed by atoms with Crippen LogP contribution in [0, 0.1) is 0 Å². The van der Waals surface area contributed by atoms with Gasteiger partial charge in [-0.05, 0) is 36.8 Å². The maximum absolute atomic E-state index is 12.1. The topological polar surface area (TPSA) is 55.4 Å². The Bertz CT molecular complexity index is 764. The van der Waals surface area contributed by atoms with E-state index in [9.17, 15) is 9.59 Å². The van der Waals surface area contributed by atoms with E-state index in [1.165, 1.54) is 13.0 Å². The quantitative estimate of drug-likeness (QED) is 0.754. The number of rotatable bonds is 5. The minimum Gasteiger partial charge on any atom is -0.452 e. The molecule has 1 N–H and O–H groups in total. The lowest BCUT2D eigenvalue weighted by molar-refractivity contribution is -0.152. The van der Waals surface area contributed by atoms with Gasteiger partial charge < -0.3 is 10.1 Å². The van der Waals surface area contributed by atoms with Crippen LogP contribution in [0.2, 0.25) is 15.1 Å². The Morgan fingerprint density at radius 2 is 1.79 bits per heavy atom. The summed E-state index contributed by atoms with van der Waals surface area (Å²) in [6.07, 6.45) is -0.995. The molecule has 1 amide bonds. The van der Waals surface area contributed by atoms with Crippen molar-refractivity contribution >= 4 is 52.4 Å². The number of halogens is 3. The third kappa shape index (κ3) is 5.13. The third-order valence-electron chi connectivity index (χ3n) is 3.16. The van der Waals surface area contributed by atoms with Crippen molar-refractivity contribution in [1.82, 2.24) is 0 Å². The van der Waals surface area contributed by atoms with Crippen LogP contribution < -0.4 is 5.32 Å².